The van der Waals surface area contributed by atoms with Crippen molar-refractivity contribution < 1.29 is 18.0 Å². The van der Waals surface area contributed by atoms with E-state index in [9.17, 15) is 18.0 Å². The van der Waals surface area contributed by atoms with Crippen molar-refractivity contribution in [2.75, 3.05) is 11.9 Å². The van der Waals surface area contributed by atoms with Gasteiger partial charge in [-0.15, -0.1) is 0 Å². The highest BCUT2D eigenvalue weighted by atomic mass is 32.2. The number of thioether (sulfide) groups is 1. The van der Waals surface area contributed by atoms with Gasteiger partial charge >= 0.3 is 0 Å². The monoisotopic (exact) mass is 547 g/mol. The van der Waals surface area contributed by atoms with Crippen molar-refractivity contribution in [1.29, 1.82) is 0 Å². The predicted molar refractivity (Wildman–Crippen MR) is 152 cm³/mol. The molecular weight excluding hydrogens is 527 g/mol. The number of thiocarbonyl (C=S) groups is 1. The highest BCUT2D eigenvalue weighted by molar-refractivity contribution is 8.26. The van der Waals surface area contributed by atoms with Crippen LogP contribution < -0.4 is 10.5 Å². The molecule has 0 bridgehead atoms. The number of hydrogen-bond donors (Lipinski definition) is 2. The number of benzene rings is 4. The predicted octanol–water partition coefficient (Wildman–Crippen LogP) is 4.87. The lowest BCUT2D eigenvalue weighted by Gasteiger charge is -2.14. The summed E-state index contributed by atoms with van der Waals surface area (Å²) in [7, 11) is -3.81. The summed E-state index contributed by atoms with van der Waals surface area (Å²) >= 11 is 6.68. The van der Waals surface area contributed by atoms with Crippen molar-refractivity contribution >= 4 is 83.4 Å². The normalized spacial score (nSPS) is 15.2. The highest BCUT2D eigenvalue weighted by Crippen LogP contribution is 2.36. The van der Waals surface area contributed by atoms with E-state index in [1.807, 2.05) is 54.6 Å². The number of amides is 2. The van der Waals surface area contributed by atoms with E-state index in [4.69, 9.17) is 17.4 Å². The van der Waals surface area contributed by atoms with Crippen LogP contribution in [0.15, 0.2) is 88.7 Å². The first kappa shape index (κ1) is 25.1. The average molecular weight is 548 g/mol. The van der Waals surface area contributed by atoms with Gasteiger partial charge in [-0.1, -0.05) is 72.5 Å². The van der Waals surface area contributed by atoms with E-state index in [0.29, 0.717) is 14.9 Å². The summed E-state index contributed by atoms with van der Waals surface area (Å²) in [5, 5.41) is 12.0. The van der Waals surface area contributed by atoms with Crippen molar-refractivity contribution in [2.24, 2.45) is 5.14 Å². The van der Waals surface area contributed by atoms with E-state index >= 15 is 0 Å². The second-order valence-electron chi connectivity index (χ2n) is 8.43. The largest absolute Gasteiger partial charge is 0.326 e. The van der Waals surface area contributed by atoms with Gasteiger partial charge in [0.1, 0.15) is 4.32 Å². The van der Waals surface area contributed by atoms with Gasteiger partial charge in [-0.2, -0.15) is 0 Å². The number of fused-ring (bicyclic) bond motifs is 2. The molecule has 0 atom stereocenters. The minimum Gasteiger partial charge on any atom is -0.326 e. The Morgan fingerprint density at radius 3 is 2.16 bits per heavy atom. The van der Waals surface area contributed by atoms with Crippen LogP contribution in [0.2, 0.25) is 0 Å². The third kappa shape index (κ3) is 5.28. The maximum absolute atomic E-state index is 13.2. The van der Waals surface area contributed by atoms with Crippen molar-refractivity contribution in [1.82, 2.24) is 4.90 Å². The van der Waals surface area contributed by atoms with Gasteiger partial charge in [-0.3, -0.25) is 14.5 Å². The zero-order valence-corrected chi connectivity index (χ0v) is 21.8. The SMILES string of the molecule is NS(=O)(=O)c1ccc(NC(=O)CCN2C(=O)/C(=C/c3c4ccccc4cc4ccccc34)SC2=S)cc1. The lowest BCUT2D eigenvalue weighted by Crippen LogP contribution is -2.31. The number of anilines is 1. The summed E-state index contributed by atoms with van der Waals surface area (Å²) in [4.78, 5) is 27.6. The zero-order chi connectivity index (χ0) is 26.2. The number of nitrogens with one attached hydrogen (secondary N) is 1. The van der Waals surface area contributed by atoms with Crippen LogP contribution in [0.3, 0.4) is 0 Å². The summed E-state index contributed by atoms with van der Waals surface area (Å²) in [5.74, 6) is -0.571. The molecule has 0 spiro atoms. The molecule has 0 aliphatic carbocycles. The van der Waals surface area contributed by atoms with Crippen LogP contribution in [-0.4, -0.2) is 36.0 Å². The molecule has 4 aromatic rings. The third-order valence-electron chi connectivity index (χ3n) is 5.99. The molecule has 5 rings (SSSR count). The Kier molecular flexibility index (Phi) is 6.82. The van der Waals surface area contributed by atoms with Crippen molar-refractivity contribution in [3.63, 3.8) is 0 Å². The lowest BCUT2D eigenvalue weighted by molar-refractivity contribution is -0.122. The molecule has 1 saturated heterocycles. The molecule has 10 heteroatoms. The Bertz CT molecular complexity index is 1660. The summed E-state index contributed by atoms with van der Waals surface area (Å²) in [5.41, 5.74) is 1.38. The number of hydrogen-bond acceptors (Lipinski definition) is 6. The highest BCUT2D eigenvalue weighted by Gasteiger charge is 2.32. The van der Waals surface area contributed by atoms with E-state index in [1.54, 1.807) is 0 Å². The second-order valence-corrected chi connectivity index (χ2v) is 11.7. The zero-order valence-electron chi connectivity index (χ0n) is 19.4. The second kappa shape index (κ2) is 10.1. The van der Waals surface area contributed by atoms with Gasteiger partial charge in [0.25, 0.3) is 5.91 Å². The molecule has 1 fully saturated rings. The molecule has 37 heavy (non-hydrogen) atoms. The number of rotatable bonds is 6. The number of nitrogens with zero attached hydrogens (tertiary/aromatic N) is 1. The van der Waals surface area contributed by atoms with E-state index < -0.39 is 10.0 Å². The van der Waals surface area contributed by atoms with Crippen LogP contribution in [0.4, 0.5) is 5.69 Å². The Morgan fingerprint density at radius 1 is 0.973 bits per heavy atom. The van der Waals surface area contributed by atoms with E-state index in [2.05, 4.69) is 11.4 Å². The number of nitrogens with two attached hydrogens (primary N) is 1. The van der Waals surface area contributed by atoms with Gasteiger partial charge in [-0.25, -0.2) is 13.6 Å². The third-order valence-corrected chi connectivity index (χ3v) is 8.30. The molecule has 3 N–H and O–H groups in total. The van der Waals surface area contributed by atoms with Crippen LogP contribution in [0.25, 0.3) is 27.6 Å². The molecular formula is C27H21N3O4S3. The maximum Gasteiger partial charge on any atom is 0.266 e. The number of carbonyl (C=O) groups is 2. The van der Waals surface area contributed by atoms with Crippen molar-refractivity contribution in [3.8, 4) is 0 Å². The van der Waals surface area contributed by atoms with Crippen molar-refractivity contribution in [2.45, 2.75) is 11.3 Å². The summed E-state index contributed by atoms with van der Waals surface area (Å²) in [6, 6.07) is 23.8. The van der Waals surface area contributed by atoms with Gasteiger partial charge in [-0.05, 0) is 63.5 Å². The molecule has 0 radical (unpaired) electrons. The van der Waals surface area contributed by atoms with Gasteiger partial charge in [0, 0.05) is 18.7 Å². The summed E-state index contributed by atoms with van der Waals surface area (Å²) in [6.07, 6.45) is 1.91. The standard InChI is InChI=1S/C27H21N3O4S3/c28-37(33,34)20-11-9-19(10-12-20)29-25(31)13-14-30-26(32)24(36-27(30)35)16-23-21-7-3-1-5-17(21)15-18-6-2-4-8-22(18)23/h1-12,15-16H,13-14H2,(H,29,31)(H2,28,33,34)/b24-16-. The Morgan fingerprint density at radius 2 is 1.57 bits per heavy atom. The van der Waals surface area contributed by atoms with Crippen molar-refractivity contribution in [3.05, 3.63) is 89.3 Å². The first-order valence-electron chi connectivity index (χ1n) is 11.3. The Hall–Kier alpha value is -3.57. The number of carbonyl (C=O) groups excluding carboxylic acids is 2. The average Bonchev–Trinajstić information content (AvgIpc) is 3.14. The first-order chi connectivity index (χ1) is 17.7. The van der Waals surface area contributed by atoms with Gasteiger partial charge in [0.2, 0.25) is 15.9 Å². The molecule has 2 amide bonds. The van der Waals surface area contributed by atoms with E-state index in [0.717, 1.165) is 27.1 Å². The minimum absolute atomic E-state index is 0.0217. The fourth-order valence-electron chi connectivity index (χ4n) is 4.19. The summed E-state index contributed by atoms with van der Waals surface area (Å²) < 4.78 is 23.2. The molecule has 1 aliphatic heterocycles. The van der Waals surface area contributed by atoms with E-state index in [-0.39, 0.29) is 29.7 Å². The molecule has 0 saturated carbocycles. The van der Waals surface area contributed by atoms with Crippen LogP contribution in [0.1, 0.15) is 12.0 Å². The maximum atomic E-state index is 13.2. The number of primary sulfonamides is 1. The fraction of sp³-hybridized carbons (Fsp3) is 0.0741. The van der Waals surface area contributed by atoms with Gasteiger partial charge in [0.15, 0.2) is 0 Å². The van der Waals surface area contributed by atoms with Crippen LogP contribution in [0.5, 0.6) is 0 Å². The molecule has 1 heterocycles. The Labute approximate surface area is 223 Å². The molecule has 7 nitrogen and oxygen atoms in total. The van der Waals surface area contributed by atoms with Gasteiger partial charge in [0.05, 0.1) is 9.80 Å². The Balaban J connectivity index is 1.33. The van der Waals surface area contributed by atoms with Crippen LogP contribution >= 0.6 is 24.0 Å². The first-order valence-corrected chi connectivity index (χ1v) is 14.1. The fourth-order valence-corrected chi connectivity index (χ4v) is 6.00. The van der Waals surface area contributed by atoms with E-state index in [1.165, 1.54) is 40.9 Å². The minimum atomic E-state index is -3.81. The molecule has 0 aromatic heterocycles. The van der Waals surface area contributed by atoms with Gasteiger partial charge < -0.3 is 5.32 Å². The van der Waals surface area contributed by atoms with Crippen LogP contribution in [-0.2, 0) is 19.6 Å². The summed E-state index contributed by atoms with van der Waals surface area (Å²) in [6.45, 7) is 0.124. The quantitative estimate of drug-likeness (QED) is 0.203. The topological polar surface area (TPSA) is 110 Å². The molecule has 4 aromatic carbocycles. The molecule has 1 aliphatic rings. The number of sulfonamides is 1. The van der Waals surface area contributed by atoms with Crippen LogP contribution in [0, 0.1) is 0 Å². The lowest BCUT2D eigenvalue weighted by atomic mass is 9.96. The molecule has 186 valence electrons. The molecule has 0 unspecified atom stereocenters. The smallest absolute Gasteiger partial charge is 0.266 e.